The third kappa shape index (κ3) is 11.0. The molecule has 1 saturated heterocycles. The third-order valence-corrected chi connectivity index (χ3v) is 5.49. The predicted molar refractivity (Wildman–Crippen MR) is 136 cm³/mol. The minimum Gasteiger partial charge on any atom is -0.467 e. The van der Waals surface area contributed by atoms with E-state index in [0.717, 1.165) is 27.9 Å². The van der Waals surface area contributed by atoms with Crippen molar-refractivity contribution in [3.05, 3.63) is 35.9 Å². The van der Waals surface area contributed by atoms with Crippen molar-refractivity contribution in [2.45, 2.75) is 71.0 Å². The molecule has 0 bridgehead atoms. The smallest absolute Gasteiger partial charge is 0.408 e. The second kappa shape index (κ2) is 16.1. The van der Waals surface area contributed by atoms with Crippen LogP contribution >= 0.6 is 0 Å². The molecule has 1 heterocycles. The van der Waals surface area contributed by atoms with Crippen LogP contribution in [0.4, 0.5) is 4.79 Å². The molecule has 0 radical (unpaired) electrons. The molecular weight excluding hydrogens is 548 g/mol. The van der Waals surface area contributed by atoms with Gasteiger partial charge in [-0.1, -0.05) is 30.3 Å². The van der Waals surface area contributed by atoms with E-state index in [9.17, 15) is 28.8 Å². The van der Waals surface area contributed by atoms with Crippen molar-refractivity contribution < 1.29 is 61.9 Å². The summed E-state index contributed by atoms with van der Waals surface area (Å²) >= 11 is 0. The molecule has 1 aliphatic rings. The van der Waals surface area contributed by atoms with E-state index in [2.05, 4.69) is 10.6 Å². The molecule has 1 fully saturated rings. The van der Waals surface area contributed by atoms with Gasteiger partial charge in [0.25, 0.3) is 0 Å². The highest BCUT2D eigenvalue weighted by molar-refractivity contribution is 5.81. The van der Waals surface area contributed by atoms with Gasteiger partial charge in [0.05, 0.1) is 13.7 Å². The molecule has 0 unspecified atom stereocenters. The van der Waals surface area contributed by atoms with Gasteiger partial charge < -0.3 is 43.8 Å². The van der Waals surface area contributed by atoms with Gasteiger partial charge in [0.1, 0.15) is 25.4 Å². The fourth-order valence-electron chi connectivity index (χ4n) is 3.84. The van der Waals surface area contributed by atoms with Crippen molar-refractivity contribution in [2.24, 2.45) is 0 Å². The molecule has 1 aliphatic heterocycles. The van der Waals surface area contributed by atoms with Gasteiger partial charge in [-0.25, -0.2) is 9.59 Å². The highest BCUT2D eigenvalue weighted by Gasteiger charge is 2.51. The van der Waals surface area contributed by atoms with Gasteiger partial charge in [0.15, 0.2) is 24.5 Å². The Labute approximate surface area is 236 Å². The van der Waals surface area contributed by atoms with Gasteiger partial charge >= 0.3 is 30.0 Å². The highest BCUT2D eigenvalue weighted by atomic mass is 16.7. The molecule has 2 rings (SSSR count). The number of hydrogen-bond acceptors (Lipinski definition) is 13. The zero-order valence-corrected chi connectivity index (χ0v) is 23.3. The number of carbonyl (C=O) groups excluding carboxylic acids is 6. The summed E-state index contributed by atoms with van der Waals surface area (Å²) in [7, 11) is 1.10. The predicted octanol–water partition coefficient (Wildman–Crippen LogP) is 0.127. The molecule has 1 aromatic rings. The molecule has 41 heavy (non-hydrogen) atoms. The zero-order chi connectivity index (χ0) is 30.5. The summed E-state index contributed by atoms with van der Waals surface area (Å²) in [5, 5.41) is 4.86. The first-order chi connectivity index (χ1) is 19.4. The number of nitrogens with one attached hydrogen (secondary N) is 2. The van der Waals surface area contributed by atoms with Crippen LogP contribution in [-0.2, 0) is 63.7 Å². The minimum atomic E-state index is -1.45. The Hall–Kier alpha value is -4.24. The number of methoxy groups -OCH3 is 1. The maximum Gasteiger partial charge on any atom is 0.408 e. The molecule has 0 aromatic heterocycles. The molecule has 0 aliphatic carbocycles. The lowest BCUT2D eigenvalue weighted by Crippen LogP contribution is -2.67. The Morgan fingerprint density at radius 3 is 2.07 bits per heavy atom. The van der Waals surface area contributed by atoms with E-state index in [-0.39, 0.29) is 6.61 Å². The lowest BCUT2D eigenvalue weighted by atomic mass is 9.96. The Balaban J connectivity index is 2.27. The van der Waals surface area contributed by atoms with Crippen LogP contribution in [0, 0.1) is 0 Å². The quantitative estimate of drug-likeness (QED) is 0.250. The Kier molecular flexibility index (Phi) is 13.0. The van der Waals surface area contributed by atoms with Crippen molar-refractivity contribution in [3.63, 3.8) is 0 Å². The normalized spacial score (nSPS) is 22.3. The van der Waals surface area contributed by atoms with E-state index in [1.165, 1.54) is 6.92 Å². The average Bonchev–Trinajstić information content (AvgIpc) is 2.90. The number of ether oxygens (including phenoxy) is 7. The fourth-order valence-corrected chi connectivity index (χ4v) is 3.84. The number of carbonyl (C=O) groups is 6. The Morgan fingerprint density at radius 1 is 0.878 bits per heavy atom. The topological polar surface area (TPSA) is 191 Å². The number of alkyl carbamates (subject to hydrolysis) is 1. The van der Waals surface area contributed by atoms with Crippen LogP contribution in [-0.4, -0.2) is 92.9 Å². The van der Waals surface area contributed by atoms with E-state index >= 15 is 0 Å². The van der Waals surface area contributed by atoms with Crippen LogP contribution in [0.15, 0.2) is 30.3 Å². The van der Waals surface area contributed by atoms with Gasteiger partial charge in [-0.05, 0) is 5.56 Å². The summed E-state index contributed by atoms with van der Waals surface area (Å²) in [6.45, 7) is 3.45. The first kappa shape index (κ1) is 33.0. The Morgan fingerprint density at radius 2 is 1.51 bits per heavy atom. The largest absolute Gasteiger partial charge is 0.467 e. The Bertz CT molecular complexity index is 1080. The number of rotatable bonds is 12. The van der Waals surface area contributed by atoms with Crippen molar-refractivity contribution in [2.75, 3.05) is 20.3 Å². The number of esters is 4. The second-order valence-electron chi connectivity index (χ2n) is 8.84. The first-order valence-corrected chi connectivity index (χ1v) is 12.5. The second-order valence-corrected chi connectivity index (χ2v) is 8.84. The van der Waals surface area contributed by atoms with Crippen molar-refractivity contribution in [1.82, 2.24) is 10.6 Å². The monoisotopic (exact) mass is 582 g/mol. The van der Waals surface area contributed by atoms with E-state index in [4.69, 9.17) is 33.2 Å². The molecule has 6 atom stereocenters. The van der Waals surface area contributed by atoms with Crippen LogP contribution in [0.25, 0.3) is 0 Å². The average molecular weight is 583 g/mol. The van der Waals surface area contributed by atoms with Crippen molar-refractivity contribution in [3.8, 4) is 0 Å². The van der Waals surface area contributed by atoms with Crippen LogP contribution in [0.5, 0.6) is 0 Å². The molecule has 0 spiro atoms. The molecule has 226 valence electrons. The molecule has 2 N–H and O–H groups in total. The van der Waals surface area contributed by atoms with Crippen LogP contribution in [0.1, 0.15) is 33.3 Å². The summed E-state index contributed by atoms with van der Waals surface area (Å²) in [6.07, 6.45) is -6.31. The van der Waals surface area contributed by atoms with Gasteiger partial charge in [0.2, 0.25) is 5.91 Å². The molecule has 15 nitrogen and oxygen atoms in total. The lowest BCUT2D eigenvalue weighted by Gasteiger charge is -2.45. The number of benzene rings is 1. The molecule has 2 amide bonds. The lowest BCUT2D eigenvalue weighted by molar-refractivity contribution is -0.278. The zero-order valence-electron chi connectivity index (χ0n) is 23.3. The van der Waals surface area contributed by atoms with Gasteiger partial charge in [0, 0.05) is 27.7 Å². The maximum atomic E-state index is 12.4. The summed E-state index contributed by atoms with van der Waals surface area (Å²) in [5.41, 5.74) is 0.708. The van der Waals surface area contributed by atoms with Crippen LogP contribution in [0.3, 0.4) is 0 Å². The summed E-state index contributed by atoms with van der Waals surface area (Å²) in [6, 6.07) is 6.15. The van der Waals surface area contributed by atoms with Crippen molar-refractivity contribution >= 4 is 35.9 Å². The summed E-state index contributed by atoms with van der Waals surface area (Å²) in [5.74, 6) is -3.71. The number of hydrogen-bond donors (Lipinski definition) is 2. The fraction of sp³-hybridized carbons (Fsp3) is 0.538. The van der Waals surface area contributed by atoms with E-state index in [1.807, 2.05) is 0 Å². The third-order valence-electron chi connectivity index (χ3n) is 5.49. The van der Waals surface area contributed by atoms with Gasteiger partial charge in [-0.15, -0.1) is 0 Å². The SMILES string of the molecule is COC(=O)[C@H](CO[C@H]1O[C@@H](COC(C)=O)[C@H](OC(C)=O)[C@@H](OC(C)=O)[C@@H]1NC(C)=O)NC(=O)OCc1ccccc1. The van der Waals surface area contributed by atoms with Crippen LogP contribution < -0.4 is 10.6 Å². The van der Waals surface area contributed by atoms with E-state index in [0.29, 0.717) is 5.56 Å². The van der Waals surface area contributed by atoms with E-state index in [1.54, 1.807) is 30.3 Å². The summed E-state index contributed by atoms with van der Waals surface area (Å²) < 4.78 is 37.3. The minimum absolute atomic E-state index is 0.0722. The molecule has 0 saturated carbocycles. The van der Waals surface area contributed by atoms with Crippen molar-refractivity contribution in [1.29, 1.82) is 0 Å². The first-order valence-electron chi connectivity index (χ1n) is 12.5. The van der Waals surface area contributed by atoms with Crippen LogP contribution in [0.2, 0.25) is 0 Å². The molecule has 1 aromatic carbocycles. The maximum absolute atomic E-state index is 12.4. The summed E-state index contributed by atoms with van der Waals surface area (Å²) in [4.78, 5) is 72.2. The highest BCUT2D eigenvalue weighted by Crippen LogP contribution is 2.28. The van der Waals surface area contributed by atoms with Gasteiger partial charge in [-0.3, -0.25) is 19.2 Å². The van der Waals surface area contributed by atoms with Gasteiger partial charge in [-0.2, -0.15) is 0 Å². The molecular formula is C26H34N2O13. The molecule has 15 heteroatoms. The number of amides is 2. The standard InChI is InChI=1S/C26H34N2O13/c1-14(29)27-21-23(40-17(4)32)22(39-16(3)31)20(13-36-15(2)30)41-25(21)37-12-19(24(33)35-5)28-26(34)38-11-18-9-7-6-8-10-18/h6-10,19-23,25H,11-13H2,1-5H3,(H,27,29)(H,28,34)/t19-,20-,21-,22-,23-,25-/m0/s1. The van der Waals surface area contributed by atoms with E-state index < -0.39 is 85.8 Å².